The Morgan fingerprint density at radius 2 is 0.771 bits per heavy atom. The summed E-state index contributed by atoms with van der Waals surface area (Å²) < 4.78 is 5.85. The largest absolute Gasteiger partial charge is 0.481 e. The zero-order valence-electron chi connectivity index (χ0n) is 32.6. The van der Waals surface area contributed by atoms with Gasteiger partial charge in [0, 0.05) is 12.8 Å². The van der Waals surface area contributed by atoms with Crippen LogP contribution in [-0.4, -0.2) is 23.1 Å². The summed E-state index contributed by atoms with van der Waals surface area (Å²) in [4.78, 5) is 23.5. The van der Waals surface area contributed by atoms with Gasteiger partial charge in [-0.3, -0.25) is 9.59 Å². The lowest BCUT2D eigenvalue weighted by Gasteiger charge is -2.18. The zero-order chi connectivity index (χ0) is 35.0. The summed E-state index contributed by atoms with van der Waals surface area (Å²) in [5.41, 5.74) is 0. The van der Waals surface area contributed by atoms with E-state index in [-0.39, 0.29) is 18.5 Å². The first-order valence-electron chi connectivity index (χ1n) is 21.7. The fourth-order valence-electron chi connectivity index (χ4n) is 6.78. The van der Waals surface area contributed by atoms with Gasteiger partial charge in [0.1, 0.15) is 6.10 Å². The number of carbonyl (C=O) groups excluding carboxylic acids is 1. The maximum atomic E-state index is 12.5. The maximum absolute atomic E-state index is 12.5. The molecule has 0 heterocycles. The molecule has 4 heteroatoms. The van der Waals surface area contributed by atoms with Gasteiger partial charge < -0.3 is 9.84 Å². The summed E-state index contributed by atoms with van der Waals surface area (Å²) in [7, 11) is 0. The van der Waals surface area contributed by atoms with E-state index >= 15 is 0 Å². The van der Waals surface area contributed by atoms with Crippen LogP contribution in [0.2, 0.25) is 0 Å². The van der Waals surface area contributed by atoms with E-state index < -0.39 is 5.97 Å². The van der Waals surface area contributed by atoms with Gasteiger partial charge in [-0.05, 0) is 57.8 Å². The van der Waals surface area contributed by atoms with Gasteiger partial charge in [0.2, 0.25) is 0 Å². The average Bonchev–Trinajstić information content (AvgIpc) is 3.07. The van der Waals surface area contributed by atoms with Gasteiger partial charge in [0.15, 0.2) is 0 Å². The monoisotopic (exact) mass is 677 g/mol. The molecule has 48 heavy (non-hydrogen) atoms. The molecule has 0 aliphatic carbocycles. The minimum Gasteiger partial charge on any atom is -0.481 e. The van der Waals surface area contributed by atoms with Crippen molar-refractivity contribution in [2.24, 2.45) is 0 Å². The first-order valence-corrected chi connectivity index (χ1v) is 21.7. The number of aliphatic carboxylic acids is 1. The molecule has 0 aromatic rings. The minimum absolute atomic E-state index is 0.0858. The molecule has 0 fully saturated rings. The molecule has 0 aliphatic heterocycles. The molecule has 0 radical (unpaired) electrons. The highest BCUT2D eigenvalue weighted by molar-refractivity contribution is 5.69. The lowest BCUT2D eigenvalue weighted by Crippen LogP contribution is -2.18. The third-order valence-corrected chi connectivity index (χ3v) is 9.99. The Morgan fingerprint density at radius 1 is 0.438 bits per heavy atom. The normalized spacial score (nSPS) is 12.2. The number of hydrogen-bond acceptors (Lipinski definition) is 3. The lowest BCUT2D eigenvalue weighted by atomic mass is 10.0. The molecule has 0 spiro atoms. The number of carboxylic acid groups (broad SMARTS) is 1. The highest BCUT2D eigenvalue weighted by Crippen LogP contribution is 2.18. The van der Waals surface area contributed by atoms with E-state index in [1.54, 1.807) is 0 Å². The van der Waals surface area contributed by atoms with Crippen molar-refractivity contribution < 1.29 is 19.4 Å². The second kappa shape index (κ2) is 40.1. The zero-order valence-corrected chi connectivity index (χ0v) is 32.6. The number of allylic oxidation sites excluding steroid dienone is 2. The molecule has 1 N–H and O–H groups in total. The molecule has 0 aliphatic rings. The first kappa shape index (κ1) is 46.7. The van der Waals surface area contributed by atoms with Crippen molar-refractivity contribution >= 4 is 11.9 Å². The Hall–Kier alpha value is -1.32. The molecular weight excluding hydrogens is 592 g/mol. The van der Waals surface area contributed by atoms with Crippen LogP contribution in [0.3, 0.4) is 0 Å². The average molecular weight is 677 g/mol. The Morgan fingerprint density at radius 3 is 1.17 bits per heavy atom. The van der Waals surface area contributed by atoms with Crippen molar-refractivity contribution in [3.05, 3.63) is 12.2 Å². The third-order valence-electron chi connectivity index (χ3n) is 9.99. The van der Waals surface area contributed by atoms with E-state index in [1.807, 2.05) is 0 Å². The van der Waals surface area contributed by atoms with E-state index in [0.717, 1.165) is 25.7 Å². The van der Waals surface area contributed by atoms with Crippen LogP contribution in [0.4, 0.5) is 0 Å². The highest BCUT2D eigenvalue weighted by atomic mass is 16.5. The van der Waals surface area contributed by atoms with Crippen molar-refractivity contribution in [1.82, 2.24) is 0 Å². The quantitative estimate of drug-likeness (QED) is 0.0398. The predicted molar refractivity (Wildman–Crippen MR) is 209 cm³/mol. The van der Waals surface area contributed by atoms with Gasteiger partial charge >= 0.3 is 11.9 Å². The predicted octanol–water partition coefficient (Wildman–Crippen LogP) is 15.0. The molecule has 0 aromatic heterocycles. The summed E-state index contributed by atoms with van der Waals surface area (Å²) in [6, 6.07) is 0. The van der Waals surface area contributed by atoms with Gasteiger partial charge in [-0.2, -0.15) is 0 Å². The second-order valence-corrected chi connectivity index (χ2v) is 14.9. The summed E-state index contributed by atoms with van der Waals surface area (Å²) in [5.74, 6) is -0.851. The standard InChI is InChI=1S/C44H84O4/c1-3-5-7-9-11-13-15-17-19-20-21-22-24-26-28-30-32-34-36-41-44(47)48-42(39-37-40-43(45)46)38-35-33-31-29-27-25-23-18-16-14-12-10-8-6-4-2/h17,19,42H,3-16,18,20-41H2,1-2H3,(H,45,46)/b19-17-. The molecular formula is C44H84O4. The first-order chi connectivity index (χ1) is 23.6. The fraction of sp³-hybridized carbons (Fsp3) is 0.909. The number of ether oxygens (including phenoxy) is 1. The Balaban J connectivity index is 3.74. The van der Waals surface area contributed by atoms with E-state index in [9.17, 15) is 9.59 Å². The van der Waals surface area contributed by atoms with Crippen LogP contribution < -0.4 is 0 Å². The molecule has 284 valence electrons. The van der Waals surface area contributed by atoms with Gasteiger partial charge in [-0.25, -0.2) is 0 Å². The van der Waals surface area contributed by atoms with Crippen molar-refractivity contribution in [2.75, 3.05) is 0 Å². The Kier molecular flexibility index (Phi) is 39.0. The summed E-state index contributed by atoms with van der Waals surface area (Å²) >= 11 is 0. The second-order valence-electron chi connectivity index (χ2n) is 14.9. The van der Waals surface area contributed by atoms with Crippen molar-refractivity contribution in [1.29, 1.82) is 0 Å². The van der Waals surface area contributed by atoms with E-state index in [0.29, 0.717) is 19.3 Å². The number of hydrogen-bond donors (Lipinski definition) is 1. The summed E-state index contributed by atoms with van der Waals surface area (Å²) in [5, 5.41) is 9.04. The Labute approximate surface area is 300 Å². The molecule has 0 rings (SSSR count). The fourth-order valence-corrected chi connectivity index (χ4v) is 6.78. The number of carboxylic acids is 1. The minimum atomic E-state index is -0.765. The molecule has 1 unspecified atom stereocenters. The highest BCUT2D eigenvalue weighted by Gasteiger charge is 2.15. The van der Waals surface area contributed by atoms with E-state index in [2.05, 4.69) is 26.0 Å². The lowest BCUT2D eigenvalue weighted by molar-refractivity contribution is -0.150. The molecule has 0 bridgehead atoms. The summed E-state index contributed by atoms with van der Waals surface area (Å²) in [6.07, 6.45) is 49.5. The van der Waals surface area contributed by atoms with Crippen LogP contribution >= 0.6 is 0 Å². The van der Waals surface area contributed by atoms with E-state index in [1.165, 1.54) is 186 Å². The van der Waals surface area contributed by atoms with Gasteiger partial charge in [-0.1, -0.05) is 193 Å². The maximum Gasteiger partial charge on any atom is 0.306 e. The third kappa shape index (κ3) is 39.1. The van der Waals surface area contributed by atoms with Crippen molar-refractivity contribution in [2.45, 2.75) is 258 Å². The van der Waals surface area contributed by atoms with Gasteiger partial charge in [-0.15, -0.1) is 0 Å². The Bertz CT molecular complexity index is 687. The summed E-state index contributed by atoms with van der Waals surface area (Å²) in [6.45, 7) is 4.56. The molecule has 4 nitrogen and oxygen atoms in total. The number of carbonyl (C=O) groups is 2. The molecule has 0 aromatic carbocycles. The number of esters is 1. The van der Waals surface area contributed by atoms with Crippen LogP contribution in [0.5, 0.6) is 0 Å². The smallest absolute Gasteiger partial charge is 0.306 e. The molecule has 0 saturated heterocycles. The SMILES string of the molecule is CCCCCCCC/C=C\CCCCCCCCCCCC(=O)OC(CCCCCCCCCCCCCCCCC)CCCC(=O)O. The molecule has 1 atom stereocenters. The van der Waals surface area contributed by atoms with Gasteiger partial charge in [0.25, 0.3) is 0 Å². The van der Waals surface area contributed by atoms with Crippen LogP contribution in [0.25, 0.3) is 0 Å². The number of unbranched alkanes of at least 4 members (excludes halogenated alkanes) is 29. The van der Waals surface area contributed by atoms with Crippen LogP contribution in [-0.2, 0) is 14.3 Å². The topological polar surface area (TPSA) is 63.6 Å². The molecule has 0 amide bonds. The van der Waals surface area contributed by atoms with Gasteiger partial charge in [0.05, 0.1) is 0 Å². The number of rotatable bonds is 40. The van der Waals surface area contributed by atoms with Crippen molar-refractivity contribution in [3.63, 3.8) is 0 Å². The molecule has 0 saturated carbocycles. The van der Waals surface area contributed by atoms with Crippen LogP contribution in [0.1, 0.15) is 251 Å². The van der Waals surface area contributed by atoms with E-state index in [4.69, 9.17) is 9.84 Å². The van der Waals surface area contributed by atoms with Crippen molar-refractivity contribution in [3.8, 4) is 0 Å². The van der Waals surface area contributed by atoms with Crippen LogP contribution in [0.15, 0.2) is 12.2 Å². The van der Waals surface area contributed by atoms with Crippen LogP contribution in [0, 0.1) is 0 Å².